The molecule has 6 heteroatoms. The predicted octanol–water partition coefficient (Wildman–Crippen LogP) is 3.99. The number of nitriles is 1. The Kier molecular flexibility index (Phi) is 6.71. The zero-order valence-electron chi connectivity index (χ0n) is 16.2. The molecule has 1 aliphatic heterocycles. The topological polar surface area (TPSA) is 70.4 Å². The van der Waals surface area contributed by atoms with Gasteiger partial charge in [0, 0.05) is 13.1 Å². The lowest BCUT2D eigenvalue weighted by Crippen LogP contribution is -2.38. The van der Waals surface area contributed by atoms with E-state index in [1.807, 2.05) is 25.1 Å². The minimum atomic E-state index is -3.61. The zero-order chi connectivity index (χ0) is 20.0. The normalized spacial score (nSPS) is 15.9. The van der Waals surface area contributed by atoms with Crippen LogP contribution in [0.25, 0.3) is 0 Å². The van der Waals surface area contributed by atoms with E-state index in [-0.39, 0.29) is 10.5 Å². The third kappa shape index (κ3) is 4.73. The summed E-state index contributed by atoms with van der Waals surface area (Å²) in [7, 11) is -3.61. The molecule has 0 bridgehead atoms. The number of hydrogen-bond donors (Lipinski definition) is 0. The van der Waals surface area contributed by atoms with Crippen LogP contribution in [0, 0.1) is 17.2 Å². The van der Waals surface area contributed by atoms with Gasteiger partial charge in [-0.2, -0.15) is 9.57 Å². The van der Waals surface area contributed by atoms with Crippen LogP contribution in [-0.2, 0) is 16.4 Å². The average molecular weight is 399 g/mol. The highest BCUT2D eigenvalue weighted by molar-refractivity contribution is 7.89. The van der Waals surface area contributed by atoms with Crippen molar-refractivity contribution >= 4 is 10.0 Å². The molecule has 148 valence electrons. The van der Waals surface area contributed by atoms with E-state index in [2.05, 4.69) is 12.1 Å². The number of rotatable bonds is 7. The van der Waals surface area contributed by atoms with E-state index in [0.29, 0.717) is 25.6 Å². The SMILES string of the molecule is CCOc1ccc(CCC2CCN(S(=O)(=O)c3ccccc3C#N)CC2)cc1. The van der Waals surface area contributed by atoms with Gasteiger partial charge in [-0.1, -0.05) is 24.3 Å². The smallest absolute Gasteiger partial charge is 0.244 e. The van der Waals surface area contributed by atoms with Crippen LogP contribution in [0.15, 0.2) is 53.4 Å². The van der Waals surface area contributed by atoms with Crippen LogP contribution in [-0.4, -0.2) is 32.4 Å². The van der Waals surface area contributed by atoms with Crippen molar-refractivity contribution in [2.45, 2.75) is 37.5 Å². The zero-order valence-corrected chi connectivity index (χ0v) is 17.0. The minimum absolute atomic E-state index is 0.116. The van der Waals surface area contributed by atoms with E-state index in [9.17, 15) is 13.7 Å². The highest BCUT2D eigenvalue weighted by atomic mass is 32.2. The Morgan fingerprint density at radius 2 is 1.79 bits per heavy atom. The van der Waals surface area contributed by atoms with Crippen molar-refractivity contribution in [2.75, 3.05) is 19.7 Å². The van der Waals surface area contributed by atoms with Gasteiger partial charge in [-0.25, -0.2) is 8.42 Å². The third-order valence-electron chi connectivity index (χ3n) is 5.27. The quantitative estimate of drug-likeness (QED) is 0.707. The molecule has 3 rings (SSSR count). The van der Waals surface area contributed by atoms with E-state index >= 15 is 0 Å². The van der Waals surface area contributed by atoms with E-state index in [1.165, 1.54) is 15.9 Å². The fraction of sp³-hybridized carbons (Fsp3) is 0.409. The van der Waals surface area contributed by atoms with Gasteiger partial charge in [-0.05, 0) is 68.4 Å². The number of nitrogens with zero attached hydrogens (tertiary/aromatic N) is 2. The predicted molar refractivity (Wildman–Crippen MR) is 109 cm³/mol. The first-order chi connectivity index (χ1) is 13.5. The van der Waals surface area contributed by atoms with Gasteiger partial charge in [0.15, 0.2) is 0 Å². The van der Waals surface area contributed by atoms with E-state index in [1.54, 1.807) is 18.2 Å². The van der Waals surface area contributed by atoms with Crippen molar-refractivity contribution in [3.63, 3.8) is 0 Å². The summed E-state index contributed by atoms with van der Waals surface area (Å²) in [4.78, 5) is 0.116. The number of benzene rings is 2. The van der Waals surface area contributed by atoms with Crippen LogP contribution in [0.4, 0.5) is 0 Å². The molecule has 0 spiro atoms. The first kappa shape index (κ1) is 20.4. The molecule has 0 aliphatic carbocycles. The maximum Gasteiger partial charge on any atom is 0.244 e. The molecule has 5 nitrogen and oxygen atoms in total. The van der Waals surface area contributed by atoms with E-state index in [0.717, 1.165) is 31.4 Å². The monoisotopic (exact) mass is 398 g/mol. The Morgan fingerprint density at radius 3 is 2.43 bits per heavy atom. The van der Waals surface area contributed by atoms with Crippen molar-refractivity contribution in [1.82, 2.24) is 4.31 Å². The molecule has 0 radical (unpaired) electrons. The summed E-state index contributed by atoms with van der Waals surface area (Å²) in [6, 6.07) is 16.6. The molecular formula is C22H26N2O3S. The lowest BCUT2D eigenvalue weighted by atomic mass is 9.91. The average Bonchev–Trinajstić information content (AvgIpc) is 2.73. The summed E-state index contributed by atoms with van der Waals surface area (Å²) in [5.41, 5.74) is 1.49. The standard InChI is InChI=1S/C22H26N2O3S/c1-2-27-21-11-9-18(10-12-21)7-8-19-13-15-24(16-14-19)28(25,26)22-6-4-3-5-20(22)17-23/h3-6,9-12,19H,2,7-8,13-16H2,1H3. The maximum atomic E-state index is 12.9. The summed E-state index contributed by atoms with van der Waals surface area (Å²) >= 11 is 0. The third-order valence-corrected chi connectivity index (χ3v) is 7.23. The first-order valence-electron chi connectivity index (χ1n) is 9.75. The molecule has 28 heavy (non-hydrogen) atoms. The summed E-state index contributed by atoms with van der Waals surface area (Å²) in [6.07, 6.45) is 3.74. The second-order valence-corrected chi connectivity index (χ2v) is 8.98. The van der Waals surface area contributed by atoms with Crippen molar-refractivity contribution in [2.24, 2.45) is 5.92 Å². The Labute approximate surface area is 167 Å². The molecule has 0 aromatic heterocycles. The van der Waals surface area contributed by atoms with Crippen LogP contribution in [0.3, 0.4) is 0 Å². The molecule has 0 unspecified atom stereocenters. The van der Waals surface area contributed by atoms with Crippen LogP contribution in [0.1, 0.15) is 37.3 Å². The van der Waals surface area contributed by atoms with Crippen molar-refractivity contribution < 1.29 is 13.2 Å². The lowest BCUT2D eigenvalue weighted by molar-refractivity contribution is 0.263. The molecule has 0 amide bonds. The van der Waals surface area contributed by atoms with Crippen molar-refractivity contribution in [1.29, 1.82) is 5.26 Å². The molecule has 0 N–H and O–H groups in total. The number of sulfonamides is 1. The Bertz CT molecular complexity index is 925. The summed E-state index contributed by atoms with van der Waals surface area (Å²) in [6.45, 7) is 3.66. The molecule has 0 atom stereocenters. The largest absolute Gasteiger partial charge is 0.494 e. The highest BCUT2D eigenvalue weighted by Gasteiger charge is 2.30. The van der Waals surface area contributed by atoms with Gasteiger partial charge in [0.2, 0.25) is 10.0 Å². The summed E-state index contributed by atoms with van der Waals surface area (Å²) < 4.78 is 32.8. The Morgan fingerprint density at radius 1 is 1.11 bits per heavy atom. The number of aryl methyl sites for hydroxylation is 1. The molecule has 2 aromatic rings. The second kappa shape index (κ2) is 9.22. The lowest BCUT2D eigenvalue weighted by Gasteiger charge is -2.31. The van der Waals surface area contributed by atoms with Gasteiger partial charge in [0.05, 0.1) is 17.1 Å². The molecular weight excluding hydrogens is 372 g/mol. The molecule has 2 aromatic carbocycles. The molecule has 1 fully saturated rings. The van der Waals surface area contributed by atoms with Gasteiger partial charge in [-0.3, -0.25) is 0 Å². The van der Waals surface area contributed by atoms with Crippen LogP contribution < -0.4 is 4.74 Å². The Hall–Kier alpha value is -2.36. The molecule has 1 heterocycles. The van der Waals surface area contributed by atoms with Gasteiger partial charge in [0.25, 0.3) is 0 Å². The maximum absolute atomic E-state index is 12.9. The van der Waals surface area contributed by atoms with E-state index in [4.69, 9.17) is 4.74 Å². The fourth-order valence-corrected chi connectivity index (χ4v) is 5.26. The number of ether oxygens (including phenoxy) is 1. The molecule has 0 saturated carbocycles. The summed E-state index contributed by atoms with van der Waals surface area (Å²) in [5, 5.41) is 9.21. The summed E-state index contributed by atoms with van der Waals surface area (Å²) in [5.74, 6) is 1.41. The van der Waals surface area contributed by atoms with Gasteiger partial charge < -0.3 is 4.74 Å². The fourth-order valence-electron chi connectivity index (χ4n) is 3.65. The van der Waals surface area contributed by atoms with Crippen LogP contribution >= 0.6 is 0 Å². The van der Waals surface area contributed by atoms with E-state index < -0.39 is 10.0 Å². The number of hydrogen-bond acceptors (Lipinski definition) is 4. The Balaban J connectivity index is 1.55. The van der Waals surface area contributed by atoms with Gasteiger partial charge in [-0.15, -0.1) is 0 Å². The van der Waals surface area contributed by atoms with Gasteiger partial charge in [0.1, 0.15) is 11.8 Å². The van der Waals surface area contributed by atoms with Crippen LogP contribution in [0.5, 0.6) is 5.75 Å². The minimum Gasteiger partial charge on any atom is -0.494 e. The van der Waals surface area contributed by atoms with Crippen molar-refractivity contribution in [3.8, 4) is 11.8 Å². The number of piperidine rings is 1. The molecule has 1 aliphatic rings. The van der Waals surface area contributed by atoms with Gasteiger partial charge >= 0.3 is 0 Å². The first-order valence-corrected chi connectivity index (χ1v) is 11.2. The molecule has 1 saturated heterocycles. The van der Waals surface area contributed by atoms with Crippen molar-refractivity contribution in [3.05, 3.63) is 59.7 Å². The van der Waals surface area contributed by atoms with Crippen LogP contribution in [0.2, 0.25) is 0 Å². The highest BCUT2D eigenvalue weighted by Crippen LogP contribution is 2.28. The second-order valence-electron chi connectivity index (χ2n) is 7.07.